The molecule has 1 saturated heterocycles. The average Bonchev–Trinajstić information content (AvgIpc) is 2.77. The lowest BCUT2D eigenvalue weighted by Gasteiger charge is -2.39. The summed E-state index contributed by atoms with van der Waals surface area (Å²) >= 11 is 1.72. The molecular weight excluding hydrogens is 246 g/mol. The van der Waals surface area contributed by atoms with Gasteiger partial charge in [0, 0.05) is 32.0 Å². The van der Waals surface area contributed by atoms with Gasteiger partial charge < -0.3 is 10.5 Å². The first kappa shape index (κ1) is 13.9. The van der Waals surface area contributed by atoms with Crippen LogP contribution in [0.4, 0.5) is 0 Å². The minimum atomic E-state index is 0.00829. The topological polar surface area (TPSA) is 51.4 Å². The molecule has 1 atom stereocenters. The summed E-state index contributed by atoms with van der Waals surface area (Å²) in [5.41, 5.74) is 6.73. The Labute approximate surface area is 113 Å². The van der Waals surface area contributed by atoms with Crippen LogP contribution in [0.15, 0.2) is 5.38 Å². The molecule has 1 fully saturated rings. The molecule has 1 aliphatic rings. The molecule has 0 aliphatic carbocycles. The highest BCUT2D eigenvalue weighted by Gasteiger charge is 2.30. The van der Waals surface area contributed by atoms with E-state index in [4.69, 9.17) is 10.5 Å². The molecule has 1 aliphatic heterocycles. The Morgan fingerprint density at radius 3 is 3.17 bits per heavy atom. The predicted molar refractivity (Wildman–Crippen MR) is 74.8 cm³/mol. The van der Waals surface area contributed by atoms with Gasteiger partial charge in [-0.15, -0.1) is 11.3 Å². The number of aromatic nitrogens is 1. The molecule has 0 spiro atoms. The maximum atomic E-state index is 5.61. The maximum Gasteiger partial charge on any atom is 0.0941 e. The molecule has 18 heavy (non-hydrogen) atoms. The number of rotatable bonds is 5. The van der Waals surface area contributed by atoms with Crippen molar-refractivity contribution in [2.24, 2.45) is 5.73 Å². The lowest BCUT2D eigenvalue weighted by atomic mass is 9.95. The van der Waals surface area contributed by atoms with Crippen molar-refractivity contribution < 1.29 is 4.74 Å². The summed E-state index contributed by atoms with van der Waals surface area (Å²) in [6.07, 6.45) is 3.24. The van der Waals surface area contributed by atoms with E-state index in [1.807, 2.05) is 7.11 Å². The minimum Gasteiger partial charge on any atom is -0.377 e. The molecule has 0 bridgehead atoms. The fourth-order valence-corrected chi connectivity index (χ4v) is 3.30. The van der Waals surface area contributed by atoms with E-state index >= 15 is 0 Å². The van der Waals surface area contributed by atoms with Crippen LogP contribution in [-0.2, 0) is 17.7 Å². The van der Waals surface area contributed by atoms with Crippen molar-refractivity contribution in [3.05, 3.63) is 16.1 Å². The Hall–Kier alpha value is -0.490. The van der Waals surface area contributed by atoms with Crippen molar-refractivity contribution >= 4 is 11.3 Å². The van der Waals surface area contributed by atoms with Gasteiger partial charge in [-0.3, -0.25) is 4.90 Å². The zero-order valence-electron chi connectivity index (χ0n) is 11.3. The van der Waals surface area contributed by atoms with Crippen molar-refractivity contribution in [2.75, 3.05) is 26.7 Å². The maximum absolute atomic E-state index is 5.61. The van der Waals surface area contributed by atoms with Gasteiger partial charge in [-0.25, -0.2) is 4.98 Å². The van der Waals surface area contributed by atoms with E-state index in [-0.39, 0.29) is 5.60 Å². The van der Waals surface area contributed by atoms with E-state index in [1.165, 1.54) is 12.1 Å². The molecule has 1 aromatic heterocycles. The third kappa shape index (κ3) is 3.51. The van der Waals surface area contributed by atoms with Crippen LogP contribution in [-0.4, -0.2) is 42.2 Å². The number of hydrogen-bond acceptors (Lipinski definition) is 5. The quantitative estimate of drug-likeness (QED) is 0.883. The van der Waals surface area contributed by atoms with Crippen LogP contribution in [0.25, 0.3) is 0 Å². The van der Waals surface area contributed by atoms with Crippen molar-refractivity contribution in [1.29, 1.82) is 0 Å². The largest absolute Gasteiger partial charge is 0.377 e. The highest BCUT2D eigenvalue weighted by Crippen LogP contribution is 2.25. The number of hydrogen-bond donors (Lipinski definition) is 1. The summed E-state index contributed by atoms with van der Waals surface area (Å²) < 4.78 is 5.61. The first-order valence-corrected chi connectivity index (χ1v) is 7.44. The number of nitrogens with two attached hydrogens (primary N) is 1. The van der Waals surface area contributed by atoms with Gasteiger partial charge in [0.05, 0.1) is 16.3 Å². The Kier molecular flexibility index (Phi) is 4.72. The summed E-state index contributed by atoms with van der Waals surface area (Å²) in [7, 11) is 1.81. The number of thiazole rings is 1. The molecule has 5 heteroatoms. The molecule has 1 unspecified atom stereocenters. The monoisotopic (exact) mass is 269 g/mol. The summed E-state index contributed by atoms with van der Waals surface area (Å²) in [5.74, 6) is 0. The molecule has 2 N–H and O–H groups in total. The van der Waals surface area contributed by atoms with Gasteiger partial charge >= 0.3 is 0 Å². The number of likely N-dealkylation sites (tertiary alicyclic amines) is 1. The molecule has 2 rings (SSSR count). The van der Waals surface area contributed by atoms with E-state index in [1.54, 1.807) is 11.3 Å². The predicted octanol–water partition coefficient (Wildman–Crippen LogP) is 1.65. The third-order valence-corrected chi connectivity index (χ3v) is 4.53. The van der Waals surface area contributed by atoms with Gasteiger partial charge in [0.2, 0.25) is 0 Å². The van der Waals surface area contributed by atoms with Gasteiger partial charge in [0.1, 0.15) is 0 Å². The first-order valence-electron chi connectivity index (χ1n) is 6.56. The van der Waals surface area contributed by atoms with Crippen LogP contribution in [0.2, 0.25) is 0 Å². The summed E-state index contributed by atoms with van der Waals surface area (Å²) in [5, 5.41) is 3.31. The highest BCUT2D eigenvalue weighted by atomic mass is 32.1. The van der Waals surface area contributed by atoms with Crippen molar-refractivity contribution in [2.45, 2.75) is 38.3 Å². The summed E-state index contributed by atoms with van der Waals surface area (Å²) in [6.45, 7) is 5.94. The van der Waals surface area contributed by atoms with Crippen LogP contribution in [0.5, 0.6) is 0 Å². The van der Waals surface area contributed by atoms with Gasteiger partial charge in [0.15, 0.2) is 0 Å². The summed E-state index contributed by atoms with van der Waals surface area (Å²) in [6, 6.07) is 0. The van der Waals surface area contributed by atoms with Crippen LogP contribution in [0.1, 0.15) is 30.5 Å². The van der Waals surface area contributed by atoms with Crippen LogP contribution in [0.3, 0.4) is 0 Å². The van der Waals surface area contributed by atoms with E-state index < -0.39 is 0 Å². The standard InChI is InChI=1S/C13H23N3OS/c1-13(17-2)5-3-7-16(10-13)8-11-9-18-12(15-11)4-6-14/h9H,3-8,10,14H2,1-2H3. The Morgan fingerprint density at radius 1 is 1.61 bits per heavy atom. The molecule has 0 radical (unpaired) electrons. The van der Waals surface area contributed by atoms with E-state index in [2.05, 4.69) is 22.2 Å². The minimum absolute atomic E-state index is 0.00829. The number of ether oxygens (including phenoxy) is 1. The van der Waals surface area contributed by atoms with Crippen LogP contribution < -0.4 is 5.73 Å². The van der Waals surface area contributed by atoms with E-state index in [0.717, 1.165) is 37.5 Å². The Bertz CT molecular complexity index is 382. The molecule has 0 aromatic carbocycles. The smallest absolute Gasteiger partial charge is 0.0941 e. The molecule has 0 amide bonds. The molecule has 1 aromatic rings. The fraction of sp³-hybridized carbons (Fsp3) is 0.769. The molecule has 0 saturated carbocycles. The number of nitrogens with zero attached hydrogens (tertiary/aromatic N) is 2. The lowest BCUT2D eigenvalue weighted by molar-refractivity contribution is -0.0529. The van der Waals surface area contributed by atoms with Gasteiger partial charge in [-0.1, -0.05) is 0 Å². The number of methoxy groups -OCH3 is 1. The summed E-state index contributed by atoms with van der Waals surface area (Å²) in [4.78, 5) is 7.06. The van der Waals surface area contributed by atoms with E-state index in [9.17, 15) is 0 Å². The molecule has 102 valence electrons. The molecule has 4 nitrogen and oxygen atoms in total. The van der Waals surface area contributed by atoms with Gasteiger partial charge in [0.25, 0.3) is 0 Å². The Balaban J connectivity index is 1.92. The van der Waals surface area contributed by atoms with Crippen molar-refractivity contribution in [1.82, 2.24) is 9.88 Å². The average molecular weight is 269 g/mol. The molecular formula is C13H23N3OS. The first-order chi connectivity index (χ1) is 8.65. The van der Waals surface area contributed by atoms with Gasteiger partial charge in [-0.2, -0.15) is 0 Å². The second-order valence-corrected chi connectivity index (χ2v) is 6.18. The zero-order valence-corrected chi connectivity index (χ0v) is 12.1. The van der Waals surface area contributed by atoms with Crippen LogP contribution >= 0.6 is 11.3 Å². The fourth-order valence-electron chi connectivity index (χ4n) is 2.50. The third-order valence-electron chi connectivity index (χ3n) is 3.57. The van der Waals surface area contributed by atoms with Crippen molar-refractivity contribution in [3.63, 3.8) is 0 Å². The van der Waals surface area contributed by atoms with Crippen molar-refractivity contribution in [3.8, 4) is 0 Å². The lowest BCUT2D eigenvalue weighted by Crippen LogP contribution is -2.46. The zero-order chi connectivity index (χ0) is 13.0. The second-order valence-electron chi connectivity index (χ2n) is 5.24. The normalized spacial score (nSPS) is 25.5. The highest BCUT2D eigenvalue weighted by molar-refractivity contribution is 7.09. The Morgan fingerprint density at radius 2 is 2.44 bits per heavy atom. The second kappa shape index (κ2) is 6.10. The SMILES string of the molecule is COC1(C)CCCN(Cc2csc(CCN)n2)C1. The van der Waals surface area contributed by atoms with E-state index in [0.29, 0.717) is 6.54 Å². The van der Waals surface area contributed by atoms with Crippen LogP contribution in [0, 0.1) is 0 Å². The van der Waals surface area contributed by atoms with Gasteiger partial charge in [-0.05, 0) is 32.9 Å². The molecule has 2 heterocycles. The number of piperidine rings is 1.